The number of nitrogens with zero attached hydrogens (tertiary/aromatic N) is 4. The van der Waals surface area contributed by atoms with Crippen molar-refractivity contribution < 1.29 is 28.4 Å². The second-order valence-electron chi connectivity index (χ2n) is 8.13. The van der Waals surface area contributed by atoms with Crippen LogP contribution in [0.25, 0.3) is 11.4 Å². The monoisotopic (exact) mass is 472 g/mol. The van der Waals surface area contributed by atoms with Gasteiger partial charge in [-0.05, 0) is 51.0 Å². The van der Waals surface area contributed by atoms with E-state index in [1.807, 2.05) is 31.2 Å². The summed E-state index contributed by atoms with van der Waals surface area (Å²) >= 11 is 0. The normalized spacial score (nSPS) is 14.0. The van der Waals surface area contributed by atoms with E-state index in [0.717, 1.165) is 11.3 Å². The number of hydrogen-bond acceptors (Lipinski definition) is 8. The van der Waals surface area contributed by atoms with Gasteiger partial charge in [-0.3, -0.25) is 14.4 Å². The zero-order valence-electron chi connectivity index (χ0n) is 20.0. The maximum atomic E-state index is 12.6. The van der Waals surface area contributed by atoms with E-state index < -0.39 is 0 Å². The number of carbonyl (C=O) groups excluding carboxylic acids is 3. The van der Waals surface area contributed by atoms with Crippen LogP contribution in [0.15, 0.2) is 28.8 Å². The fourth-order valence-corrected chi connectivity index (χ4v) is 3.76. The molecule has 1 aliphatic rings. The summed E-state index contributed by atoms with van der Waals surface area (Å²) in [5, 5.41) is 3.98. The number of amides is 2. The standard InChI is InChI=1S/C24H32N4O6/c1-4-32-19-8-6-17(7-9-19)23-25-20(34-26-23)10-11-21(29)27(3)16-22(30)28-14-12-18(13-15-28)24(31)33-5-2/h6-9,18H,4-5,10-16H2,1-3H3. The number of esters is 1. The summed E-state index contributed by atoms with van der Waals surface area (Å²) < 4.78 is 15.8. The van der Waals surface area contributed by atoms with Crippen molar-refractivity contribution in [2.45, 2.75) is 39.5 Å². The predicted octanol–water partition coefficient (Wildman–Crippen LogP) is 2.33. The third-order valence-electron chi connectivity index (χ3n) is 5.71. The molecular formula is C24H32N4O6. The zero-order valence-corrected chi connectivity index (χ0v) is 20.0. The lowest BCUT2D eigenvalue weighted by molar-refractivity contribution is -0.151. The van der Waals surface area contributed by atoms with Gasteiger partial charge >= 0.3 is 5.97 Å². The average Bonchev–Trinajstić information content (AvgIpc) is 3.32. The molecule has 1 fully saturated rings. The van der Waals surface area contributed by atoms with Crippen molar-refractivity contribution in [1.82, 2.24) is 19.9 Å². The SMILES string of the molecule is CCOC(=O)C1CCN(C(=O)CN(C)C(=O)CCc2nc(-c3ccc(OCC)cc3)no2)CC1. The zero-order chi connectivity index (χ0) is 24.5. The summed E-state index contributed by atoms with van der Waals surface area (Å²) in [6, 6.07) is 7.37. The van der Waals surface area contributed by atoms with Gasteiger partial charge in [0.2, 0.25) is 23.5 Å². The molecular weight excluding hydrogens is 440 g/mol. The summed E-state index contributed by atoms with van der Waals surface area (Å²) in [5.74, 6) is 0.892. The molecule has 2 heterocycles. The number of carbonyl (C=O) groups is 3. The van der Waals surface area contributed by atoms with Crippen LogP contribution in [0.5, 0.6) is 5.75 Å². The van der Waals surface area contributed by atoms with E-state index in [9.17, 15) is 14.4 Å². The molecule has 0 radical (unpaired) electrons. The number of piperidine rings is 1. The molecule has 0 aliphatic carbocycles. The molecule has 1 saturated heterocycles. The van der Waals surface area contributed by atoms with Gasteiger partial charge in [-0.25, -0.2) is 0 Å². The van der Waals surface area contributed by atoms with Crippen LogP contribution in [0.4, 0.5) is 0 Å². The Hall–Kier alpha value is -3.43. The molecule has 0 spiro atoms. The van der Waals surface area contributed by atoms with Crippen molar-refractivity contribution in [3.63, 3.8) is 0 Å². The first-order valence-electron chi connectivity index (χ1n) is 11.7. The van der Waals surface area contributed by atoms with Crippen LogP contribution in [-0.2, 0) is 25.5 Å². The van der Waals surface area contributed by atoms with E-state index in [-0.39, 0.29) is 43.1 Å². The van der Waals surface area contributed by atoms with Gasteiger partial charge in [-0.15, -0.1) is 0 Å². The Morgan fingerprint density at radius 2 is 1.82 bits per heavy atom. The molecule has 2 amide bonds. The van der Waals surface area contributed by atoms with Crippen molar-refractivity contribution in [1.29, 1.82) is 0 Å². The van der Waals surface area contributed by atoms with Crippen LogP contribution in [0.3, 0.4) is 0 Å². The molecule has 0 unspecified atom stereocenters. The highest BCUT2D eigenvalue weighted by Crippen LogP contribution is 2.21. The lowest BCUT2D eigenvalue weighted by Crippen LogP contribution is -2.45. The van der Waals surface area contributed by atoms with Crippen LogP contribution in [0, 0.1) is 5.92 Å². The summed E-state index contributed by atoms with van der Waals surface area (Å²) in [5.41, 5.74) is 0.791. The molecule has 1 aliphatic heterocycles. The van der Waals surface area contributed by atoms with Gasteiger partial charge in [0.05, 0.1) is 25.7 Å². The quantitative estimate of drug-likeness (QED) is 0.484. The highest BCUT2D eigenvalue weighted by Gasteiger charge is 2.29. The molecule has 0 bridgehead atoms. The van der Waals surface area contributed by atoms with Crippen LogP contribution in [-0.4, -0.2) is 77.6 Å². The second kappa shape index (κ2) is 12.2. The van der Waals surface area contributed by atoms with E-state index >= 15 is 0 Å². The van der Waals surface area contributed by atoms with Crippen LogP contribution < -0.4 is 4.74 Å². The first-order valence-corrected chi connectivity index (χ1v) is 11.7. The number of aryl methyl sites for hydroxylation is 1. The first-order chi connectivity index (χ1) is 16.4. The molecule has 1 aromatic heterocycles. The Labute approximate surface area is 199 Å². The molecule has 0 atom stereocenters. The maximum Gasteiger partial charge on any atom is 0.309 e. The lowest BCUT2D eigenvalue weighted by Gasteiger charge is -2.32. The van der Waals surface area contributed by atoms with Gasteiger partial charge in [0.25, 0.3) is 0 Å². The second-order valence-corrected chi connectivity index (χ2v) is 8.13. The summed E-state index contributed by atoms with van der Waals surface area (Å²) in [6.07, 6.45) is 1.60. The minimum absolute atomic E-state index is 0.00975. The largest absolute Gasteiger partial charge is 0.494 e. The number of ether oxygens (including phenoxy) is 2. The third kappa shape index (κ3) is 6.79. The number of rotatable bonds is 10. The maximum absolute atomic E-state index is 12.6. The van der Waals surface area contributed by atoms with Crippen molar-refractivity contribution in [3.8, 4) is 17.1 Å². The summed E-state index contributed by atoms with van der Waals surface area (Å²) in [4.78, 5) is 44.4. The molecule has 1 aromatic carbocycles. The Morgan fingerprint density at radius 3 is 2.47 bits per heavy atom. The molecule has 0 N–H and O–H groups in total. The number of likely N-dealkylation sites (tertiary alicyclic amines) is 1. The van der Waals surface area contributed by atoms with Crippen molar-refractivity contribution >= 4 is 17.8 Å². The van der Waals surface area contributed by atoms with Crippen molar-refractivity contribution in [2.75, 3.05) is 39.9 Å². The van der Waals surface area contributed by atoms with Gasteiger partial charge in [0.1, 0.15) is 5.75 Å². The fourth-order valence-electron chi connectivity index (χ4n) is 3.76. The van der Waals surface area contributed by atoms with E-state index in [2.05, 4.69) is 10.1 Å². The number of likely N-dealkylation sites (N-methyl/N-ethyl adjacent to an activating group) is 1. The van der Waals surface area contributed by atoms with Crippen molar-refractivity contribution in [2.24, 2.45) is 5.92 Å². The molecule has 10 heteroatoms. The highest BCUT2D eigenvalue weighted by molar-refractivity contribution is 5.85. The van der Waals surface area contributed by atoms with E-state index in [1.165, 1.54) is 4.90 Å². The van der Waals surface area contributed by atoms with Gasteiger partial charge in [0, 0.05) is 38.5 Å². The van der Waals surface area contributed by atoms with Crippen LogP contribution >= 0.6 is 0 Å². The summed E-state index contributed by atoms with van der Waals surface area (Å²) in [7, 11) is 1.60. The molecule has 34 heavy (non-hydrogen) atoms. The molecule has 10 nitrogen and oxygen atoms in total. The Bertz CT molecular complexity index is 966. The molecule has 2 aromatic rings. The molecule has 184 valence electrons. The van der Waals surface area contributed by atoms with Crippen LogP contribution in [0.2, 0.25) is 0 Å². The average molecular weight is 473 g/mol. The van der Waals surface area contributed by atoms with Gasteiger partial charge in [-0.2, -0.15) is 4.98 Å². The van der Waals surface area contributed by atoms with E-state index in [0.29, 0.717) is 50.9 Å². The lowest BCUT2D eigenvalue weighted by atomic mass is 9.97. The first kappa shape index (κ1) is 25.2. The Kier molecular flexibility index (Phi) is 9.00. The van der Waals surface area contributed by atoms with E-state index in [1.54, 1.807) is 18.9 Å². The minimum atomic E-state index is -0.200. The smallest absolute Gasteiger partial charge is 0.309 e. The van der Waals surface area contributed by atoms with Crippen LogP contribution in [0.1, 0.15) is 39.0 Å². The minimum Gasteiger partial charge on any atom is -0.494 e. The van der Waals surface area contributed by atoms with Gasteiger partial charge < -0.3 is 23.8 Å². The molecule has 3 rings (SSSR count). The number of hydrogen-bond donors (Lipinski definition) is 0. The predicted molar refractivity (Wildman–Crippen MR) is 123 cm³/mol. The molecule has 0 saturated carbocycles. The van der Waals surface area contributed by atoms with Gasteiger partial charge in [-0.1, -0.05) is 5.16 Å². The van der Waals surface area contributed by atoms with Crippen molar-refractivity contribution in [3.05, 3.63) is 30.2 Å². The van der Waals surface area contributed by atoms with Gasteiger partial charge in [0.15, 0.2) is 0 Å². The highest BCUT2D eigenvalue weighted by atomic mass is 16.5. The summed E-state index contributed by atoms with van der Waals surface area (Å²) in [6.45, 7) is 5.61. The Balaban J connectivity index is 1.43. The third-order valence-corrected chi connectivity index (χ3v) is 5.71. The number of benzene rings is 1. The fraction of sp³-hybridized carbons (Fsp3) is 0.542. The Morgan fingerprint density at radius 1 is 1.12 bits per heavy atom. The topological polar surface area (TPSA) is 115 Å². The number of aromatic nitrogens is 2. The van der Waals surface area contributed by atoms with E-state index in [4.69, 9.17) is 14.0 Å².